The quantitative estimate of drug-likeness (QED) is 0.767. The average molecular weight is 201 g/mol. The molecular weight excluding hydrogens is 195 g/mol. The summed E-state index contributed by atoms with van der Waals surface area (Å²) in [5.74, 6) is -0.148. The second-order valence-corrected chi connectivity index (χ2v) is 2.95. The Morgan fingerprint density at radius 1 is 1.54 bits per heavy atom. The van der Waals surface area contributed by atoms with Crippen molar-refractivity contribution in [1.82, 2.24) is 4.98 Å². The van der Waals surface area contributed by atoms with E-state index in [1.165, 1.54) is 12.1 Å². The molecular formula is C8H6ClFN2O. The van der Waals surface area contributed by atoms with Crippen molar-refractivity contribution in [2.24, 2.45) is 5.73 Å². The third kappa shape index (κ3) is 1.38. The van der Waals surface area contributed by atoms with Gasteiger partial charge in [0.05, 0.1) is 11.6 Å². The fourth-order valence-corrected chi connectivity index (χ4v) is 1.22. The molecule has 0 aliphatic heterocycles. The number of oxazole rings is 1. The number of nitrogens with zero attached hydrogens (tertiary/aromatic N) is 1. The Hall–Kier alpha value is -1.13. The first-order valence-corrected chi connectivity index (χ1v) is 4.03. The van der Waals surface area contributed by atoms with Crippen molar-refractivity contribution >= 4 is 22.7 Å². The molecule has 1 heterocycles. The van der Waals surface area contributed by atoms with E-state index in [4.69, 9.17) is 21.8 Å². The molecule has 0 unspecified atom stereocenters. The highest BCUT2D eigenvalue weighted by Crippen LogP contribution is 2.22. The summed E-state index contributed by atoms with van der Waals surface area (Å²) in [6, 6.07) is 2.61. The van der Waals surface area contributed by atoms with Crippen LogP contribution in [-0.4, -0.2) is 4.98 Å². The summed E-state index contributed by atoms with van der Waals surface area (Å²) in [7, 11) is 0. The zero-order valence-electron chi connectivity index (χ0n) is 6.55. The molecule has 5 heteroatoms. The van der Waals surface area contributed by atoms with Gasteiger partial charge in [0.25, 0.3) is 0 Å². The average Bonchev–Trinajstić information content (AvgIpc) is 2.48. The predicted molar refractivity (Wildman–Crippen MR) is 46.9 cm³/mol. The Kier molecular flexibility index (Phi) is 1.94. The van der Waals surface area contributed by atoms with E-state index in [9.17, 15) is 4.39 Å². The number of aromatic nitrogens is 1. The topological polar surface area (TPSA) is 52.0 Å². The minimum absolute atomic E-state index is 0.0318. The molecule has 0 amide bonds. The van der Waals surface area contributed by atoms with Crippen molar-refractivity contribution in [2.75, 3.05) is 0 Å². The van der Waals surface area contributed by atoms with Crippen LogP contribution in [-0.2, 0) is 6.54 Å². The standard InChI is InChI=1S/C8H6ClFN2O/c9-4-1-6-7(2-5(4)10)13-8(3-11)12-6/h1-2H,3,11H2. The van der Waals surface area contributed by atoms with Gasteiger partial charge in [-0.05, 0) is 6.07 Å². The summed E-state index contributed by atoms with van der Waals surface area (Å²) in [6.45, 7) is 0.188. The van der Waals surface area contributed by atoms with Crippen LogP contribution in [0.5, 0.6) is 0 Å². The van der Waals surface area contributed by atoms with Gasteiger partial charge < -0.3 is 10.2 Å². The van der Waals surface area contributed by atoms with E-state index >= 15 is 0 Å². The third-order valence-electron chi connectivity index (χ3n) is 1.65. The number of nitrogens with two attached hydrogens (primary N) is 1. The smallest absolute Gasteiger partial charge is 0.209 e. The van der Waals surface area contributed by atoms with Gasteiger partial charge in [0.2, 0.25) is 5.89 Å². The van der Waals surface area contributed by atoms with Crippen molar-refractivity contribution in [3.05, 3.63) is 28.9 Å². The van der Waals surface area contributed by atoms with E-state index < -0.39 is 5.82 Å². The lowest BCUT2D eigenvalue weighted by Gasteiger charge is -1.90. The molecule has 0 spiro atoms. The molecule has 68 valence electrons. The van der Waals surface area contributed by atoms with Gasteiger partial charge in [0.1, 0.15) is 11.3 Å². The van der Waals surface area contributed by atoms with Crippen LogP contribution < -0.4 is 5.73 Å². The normalized spacial score (nSPS) is 11.0. The lowest BCUT2D eigenvalue weighted by Crippen LogP contribution is -1.94. The molecule has 0 atom stereocenters. The maximum absolute atomic E-state index is 12.9. The Morgan fingerprint density at radius 2 is 2.31 bits per heavy atom. The van der Waals surface area contributed by atoms with Crippen molar-refractivity contribution in [3.63, 3.8) is 0 Å². The summed E-state index contributed by atoms with van der Waals surface area (Å²) in [4.78, 5) is 3.99. The van der Waals surface area contributed by atoms with Gasteiger partial charge in [-0.3, -0.25) is 0 Å². The van der Waals surface area contributed by atoms with E-state index in [2.05, 4.69) is 4.98 Å². The van der Waals surface area contributed by atoms with E-state index in [1.807, 2.05) is 0 Å². The number of rotatable bonds is 1. The van der Waals surface area contributed by atoms with Gasteiger partial charge in [0, 0.05) is 6.07 Å². The first-order valence-electron chi connectivity index (χ1n) is 3.65. The fraction of sp³-hybridized carbons (Fsp3) is 0.125. The van der Waals surface area contributed by atoms with Crippen LogP contribution in [0, 0.1) is 5.82 Å². The maximum atomic E-state index is 12.9. The lowest BCUT2D eigenvalue weighted by atomic mass is 10.3. The van der Waals surface area contributed by atoms with Crippen LogP contribution in [0.1, 0.15) is 5.89 Å². The van der Waals surface area contributed by atoms with Crippen molar-refractivity contribution in [2.45, 2.75) is 6.54 Å². The van der Waals surface area contributed by atoms with Crippen molar-refractivity contribution in [3.8, 4) is 0 Å². The third-order valence-corrected chi connectivity index (χ3v) is 1.94. The van der Waals surface area contributed by atoms with Gasteiger partial charge in [-0.15, -0.1) is 0 Å². The van der Waals surface area contributed by atoms with E-state index in [0.29, 0.717) is 17.0 Å². The van der Waals surface area contributed by atoms with Gasteiger partial charge in [0.15, 0.2) is 5.58 Å². The second kappa shape index (κ2) is 2.97. The summed E-state index contributed by atoms with van der Waals surface area (Å²) < 4.78 is 18.0. The number of hydrogen-bond donors (Lipinski definition) is 1. The van der Waals surface area contributed by atoms with Crippen LogP contribution in [0.25, 0.3) is 11.1 Å². The number of hydrogen-bond acceptors (Lipinski definition) is 3. The zero-order valence-corrected chi connectivity index (χ0v) is 7.31. The molecule has 0 fully saturated rings. The van der Waals surface area contributed by atoms with Gasteiger partial charge >= 0.3 is 0 Å². The number of halogens is 2. The number of benzene rings is 1. The molecule has 1 aromatic carbocycles. The molecule has 2 aromatic rings. The monoisotopic (exact) mass is 200 g/mol. The highest BCUT2D eigenvalue weighted by Gasteiger charge is 2.08. The second-order valence-electron chi connectivity index (χ2n) is 2.55. The summed E-state index contributed by atoms with van der Waals surface area (Å²) in [5, 5.41) is 0.0318. The maximum Gasteiger partial charge on any atom is 0.209 e. The largest absolute Gasteiger partial charge is 0.439 e. The van der Waals surface area contributed by atoms with Crippen LogP contribution in [0.4, 0.5) is 4.39 Å². The molecule has 1 aromatic heterocycles. The highest BCUT2D eigenvalue weighted by atomic mass is 35.5. The Balaban J connectivity index is 2.70. The van der Waals surface area contributed by atoms with Crippen LogP contribution in [0.3, 0.4) is 0 Å². The van der Waals surface area contributed by atoms with Crippen molar-refractivity contribution in [1.29, 1.82) is 0 Å². The van der Waals surface area contributed by atoms with Crippen LogP contribution in [0.2, 0.25) is 5.02 Å². The van der Waals surface area contributed by atoms with Gasteiger partial charge in [-0.2, -0.15) is 0 Å². The molecule has 0 aliphatic carbocycles. The molecule has 2 N–H and O–H groups in total. The SMILES string of the molecule is NCc1nc2cc(Cl)c(F)cc2o1. The van der Waals surface area contributed by atoms with Crippen molar-refractivity contribution < 1.29 is 8.81 Å². The predicted octanol–water partition coefficient (Wildman–Crippen LogP) is 2.08. The molecule has 3 nitrogen and oxygen atoms in total. The Bertz CT molecular complexity index is 416. The van der Waals surface area contributed by atoms with Crippen LogP contribution in [0.15, 0.2) is 16.5 Å². The molecule has 0 saturated heterocycles. The van der Waals surface area contributed by atoms with Crippen LogP contribution >= 0.6 is 11.6 Å². The molecule has 0 radical (unpaired) electrons. The Morgan fingerprint density at radius 3 is 3.00 bits per heavy atom. The Labute approximate surface area is 78.3 Å². The van der Waals surface area contributed by atoms with E-state index in [-0.39, 0.29) is 11.6 Å². The number of fused-ring (bicyclic) bond motifs is 1. The lowest BCUT2D eigenvalue weighted by molar-refractivity contribution is 0.530. The van der Waals surface area contributed by atoms with E-state index in [0.717, 1.165) is 0 Å². The first kappa shape index (κ1) is 8.47. The summed E-state index contributed by atoms with van der Waals surface area (Å²) >= 11 is 5.55. The minimum atomic E-state index is -0.520. The fourth-order valence-electron chi connectivity index (χ4n) is 1.06. The van der Waals surface area contributed by atoms with Gasteiger partial charge in [-0.1, -0.05) is 11.6 Å². The molecule has 0 saturated carbocycles. The first-order chi connectivity index (χ1) is 6.20. The minimum Gasteiger partial charge on any atom is -0.439 e. The molecule has 0 aliphatic rings. The van der Waals surface area contributed by atoms with E-state index in [1.54, 1.807) is 0 Å². The summed E-state index contributed by atoms with van der Waals surface area (Å²) in [6.07, 6.45) is 0. The molecule has 0 bridgehead atoms. The highest BCUT2D eigenvalue weighted by molar-refractivity contribution is 6.31. The van der Waals surface area contributed by atoms with Gasteiger partial charge in [-0.25, -0.2) is 9.37 Å². The molecule has 2 rings (SSSR count). The molecule has 13 heavy (non-hydrogen) atoms. The zero-order chi connectivity index (χ0) is 9.42. The summed E-state index contributed by atoms with van der Waals surface area (Å²) in [5.41, 5.74) is 6.19.